The monoisotopic (exact) mass is 256 g/mol. The van der Waals surface area contributed by atoms with E-state index in [1.807, 2.05) is 6.92 Å². The normalized spacial score (nSPS) is 20.4. The summed E-state index contributed by atoms with van der Waals surface area (Å²) in [5.41, 5.74) is 5.92. The van der Waals surface area contributed by atoms with Crippen LogP contribution >= 0.6 is 0 Å². The van der Waals surface area contributed by atoms with Crippen LogP contribution < -0.4 is 11.1 Å². The van der Waals surface area contributed by atoms with Crippen molar-refractivity contribution in [3.05, 3.63) is 0 Å². The smallest absolute Gasteiger partial charge is 0.220 e. The van der Waals surface area contributed by atoms with E-state index in [1.165, 1.54) is 19.3 Å². The van der Waals surface area contributed by atoms with Crippen LogP contribution in [-0.2, 0) is 4.79 Å². The summed E-state index contributed by atoms with van der Waals surface area (Å²) in [7, 11) is 0. The standard InChI is InChI=1S/C14H28N2O2/c1-12(5-8-17)10-16-13(18)9-14(11-15)6-3-2-4-7-14/h12,17H,2-11,15H2,1H3,(H,16,18). The summed E-state index contributed by atoms with van der Waals surface area (Å²) in [5, 5.41) is 11.8. The molecule has 4 heteroatoms. The van der Waals surface area contributed by atoms with Crippen LogP contribution in [0.4, 0.5) is 0 Å². The van der Waals surface area contributed by atoms with Crippen molar-refractivity contribution in [2.24, 2.45) is 17.1 Å². The molecule has 4 N–H and O–H groups in total. The van der Waals surface area contributed by atoms with Crippen LogP contribution in [0, 0.1) is 11.3 Å². The highest BCUT2D eigenvalue weighted by atomic mass is 16.3. The van der Waals surface area contributed by atoms with E-state index in [2.05, 4.69) is 5.32 Å². The van der Waals surface area contributed by atoms with Gasteiger partial charge in [0.1, 0.15) is 0 Å². The van der Waals surface area contributed by atoms with Crippen molar-refractivity contribution >= 4 is 5.91 Å². The van der Waals surface area contributed by atoms with Gasteiger partial charge in [0.2, 0.25) is 5.91 Å². The average molecular weight is 256 g/mol. The van der Waals surface area contributed by atoms with Crippen molar-refractivity contribution in [2.75, 3.05) is 19.7 Å². The number of aliphatic hydroxyl groups excluding tert-OH is 1. The van der Waals surface area contributed by atoms with Crippen molar-refractivity contribution in [3.8, 4) is 0 Å². The zero-order valence-corrected chi connectivity index (χ0v) is 11.6. The molecule has 0 aliphatic heterocycles. The minimum Gasteiger partial charge on any atom is -0.396 e. The molecule has 1 rings (SSSR count). The second kappa shape index (κ2) is 7.74. The van der Waals surface area contributed by atoms with E-state index >= 15 is 0 Å². The molecular formula is C14H28N2O2. The predicted octanol–water partition coefficient (Wildman–Crippen LogP) is 1.42. The molecular weight excluding hydrogens is 228 g/mol. The Bertz CT molecular complexity index is 250. The predicted molar refractivity (Wildman–Crippen MR) is 73.1 cm³/mol. The van der Waals surface area contributed by atoms with Crippen molar-refractivity contribution < 1.29 is 9.90 Å². The second-order valence-electron chi connectivity index (χ2n) is 5.86. The summed E-state index contributed by atoms with van der Waals surface area (Å²) in [5.74, 6) is 0.450. The lowest BCUT2D eigenvalue weighted by Gasteiger charge is -2.35. The molecule has 0 aromatic heterocycles. The third kappa shape index (κ3) is 4.94. The summed E-state index contributed by atoms with van der Waals surface area (Å²) < 4.78 is 0. The lowest BCUT2D eigenvalue weighted by Crippen LogP contribution is -2.39. The third-order valence-corrected chi connectivity index (χ3v) is 4.15. The number of carbonyl (C=O) groups excluding carboxylic acids is 1. The van der Waals surface area contributed by atoms with Crippen LogP contribution in [-0.4, -0.2) is 30.7 Å². The third-order valence-electron chi connectivity index (χ3n) is 4.15. The zero-order chi connectivity index (χ0) is 13.4. The molecule has 0 aromatic rings. The van der Waals surface area contributed by atoms with Gasteiger partial charge >= 0.3 is 0 Å². The maximum absolute atomic E-state index is 12.0. The Morgan fingerprint density at radius 3 is 2.61 bits per heavy atom. The lowest BCUT2D eigenvalue weighted by molar-refractivity contribution is -0.124. The van der Waals surface area contributed by atoms with Crippen molar-refractivity contribution in [3.63, 3.8) is 0 Å². The van der Waals surface area contributed by atoms with Gasteiger partial charge in [-0.2, -0.15) is 0 Å². The molecule has 1 aliphatic rings. The van der Waals surface area contributed by atoms with Crippen LogP contribution in [0.1, 0.15) is 51.9 Å². The summed E-state index contributed by atoms with van der Waals surface area (Å²) >= 11 is 0. The number of hydrogen-bond acceptors (Lipinski definition) is 3. The van der Waals surface area contributed by atoms with Gasteiger partial charge in [-0.25, -0.2) is 0 Å². The Kier molecular flexibility index (Phi) is 6.65. The minimum atomic E-state index is 0.0442. The average Bonchev–Trinajstić information content (AvgIpc) is 2.38. The number of aliphatic hydroxyl groups is 1. The van der Waals surface area contributed by atoms with Crippen molar-refractivity contribution in [1.82, 2.24) is 5.32 Å². The summed E-state index contributed by atoms with van der Waals surface area (Å²) in [6, 6.07) is 0. The molecule has 1 aliphatic carbocycles. The Labute approximate surface area is 110 Å². The van der Waals surface area contributed by atoms with Gasteiger partial charge in [0.05, 0.1) is 0 Å². The van der Waals surface area contributed by atoms with Gasteiger partial charge in [-0.1, -0.05) is 26.2 Å². The number of amides is 1. The van der Waals surface area contributed by atoms with E-state index < -0.39 is 0 Å². The molecule has 0 aromatic carbocycles. The van der Waals surface area contributed by atoms with Crippen molar-refractivity contribution in [2.45, 2.75) is 51.9 Å². The zero-order valence-electron chi connectivity index (χ0n) is 11.6. The molecule has 1 saturated carbocycles. The first-order chi connectivity index (χ1) is 8.62. The molecule has 0 saturated heterocycles. The highest BCUT2D eigenvalue weighted by Gasteiger charge is 2.32. The van der Waals surface area contributed by atoms with Crippen LogP contribution in [0.2, 0.25) is 0 Å². The molecule has 4 nitrogen and oxygen atoms in total. The molecule has 1 fully saturated rings. The Balaban J connectivity index is 2.33. The number of nitrogens with two attached hydrogens (primary N) is 1. The fourth-order valence-electron chi connectivity index (χ4n) is 2.77. The molecule has 1 atom stereocenters. The summed E-state index contributed by atoms with van der Waals surface area (Å²) in [6.45, 7) is 3.49. The molecule has 1 amide bonds. The first-order valence-corrected chi connectivity index (χ1v) is 7.19. The summed E-state index contributed by atoms with van der Waals surface area (Å²) in [6.07, 6.45) is 7.15. The molecule has 0 radical (unpaired) electrons. The maximum Gasteiger partial charge on any atom is 0.220 e. The molecule has 0 spiro atoms. The van der Waals surface area contributed by atoms with Crippen LogP contribution in [0.5, 0.6) is 0 Å². The van der Waals surface area contributed by atoms with Gasteiger partial charge in [-0.15, -0.1) is 0 Å². The molecule has 1 unspecified atom stereocenters. The second-order valence-corrected chi connectivity index (χ2v) is 5.86. The van der Waals surface area contributed by atoms with Crippen LogP contribution in [0.3, 0.4) is 0 Å². The fourth-order valence-corrected chi connectivity index (χ4v) is 2.77. The Hall–Kier alpha value is -0.610. The van der Waals surface area contributed by atoms with Gasteiger partial charge in [0.25, 0.3) is 0 Å². The maximum atomic E-state index is 12.0. The fraction of sp³-hybridized carbons (Fsp3) is 0.929. The molecule has 0 bridgehead atoms. The Morgan fingerprint density at radius 2 is 2.06 bits per heavy atom. The van der Waals surface area contributed by atoms with Gasteiger partial charge in [-0.3, -0.25) is 4.79 Å². The lowest BCUT2D eigenvalue weighted by atomic mass is 9.71. The van der Waals surface area contributed by atoms with Gasteiger partial charge in [0.15, 0.2) is 0 Å². The highest BCUT2D eigenvalue weighted by molar-refractivity contribution is 5.76. The number of rotatable bonds is 7. The quantitative estimate of drug-likeness (QED) is 0.645. The van der Waals surface area contributed by atoms with Gasteiger partial charge in [-0.05, 0) is 37.1 Å². The van der Waals surface area contributed by atoms with Gasteiger partial charge < -0.3 is 16.2 Å². The van der Waals surface area contributed by atoms with E-state index in [9.17, 15) is 4.79 Å². The first kappa shape index (κ1) is 15.4. The number of hydrogen-bond donors (Lipinski definition) is 3. The Morgan fingerprint density at radius 1 is 1.39 bits per heavy atom. The van der Waals surface area contributed by atoms with E-state index in [0.29, 0.717) is 25.4 Å². The minimum absolute atomic E-state index is 0.0442. The topological polar surface area (TPSA) is 75.3 Å². The van der Waals surface area contributed by atoms with Crippen LogP contribution in [0.25, 0.3) is 0 Å². The van der Waals surface area contributed by atoms with Crippen LogP contribution in [0.15, 0.2) is 0 Å². The molecule has 18 heavy (non-hydrogen) atoms. The SMILES string of the molecule is CC(CCO)CNC(=O)CC1(CN)CCCCC1. The summed E-state index contributed by atoms with van der Waals surface area (Å²) in [4.78, 5) is 12.0. The number of nitrogens with one attached hydrogen (secondary N) is 1. The van der Waals surface area contributed by atoms with E-state index in [1.54, 1.807) is 0 Å². The van der Waals surface area contributed by atoms with E-state index in [4.69, 9.17) is 10.8 Å². The van der Waals surface area contributed by atoms with Gasteiger partial charge in [0, 0.05) is 19.6 Å². The van der Waals surface area contributed by atoms with Crippen molar-refractivity contribution in [1.29, 1.82) is 0 Å². The highest BCUT2D eigenvalue weighted by Crippen LogP contribution is 2.38. The van der Waals surface area contributed by atoms with E-state index in [0.717, 1.165) is 19.3 Å². The van der Waals surface area contributed by atoms with E-state index in [-0.39, 0.29) is 17.9 Å². The first-order valence-electron chi connectivity index (χ1n) is 7.19. The molecule has 0 heterocycles. The number of carbonyl (C=O) groups is 1. The largest absolute Gasteiger partial charge is 0.396 e. The molecule has 106 valence electrons.